The van der Waals surface area contributed by atoms with E-state index in [0.29, 0.717) is 13.2 Å². The van der Waals surface area contributed by atoms with Gasteiger partial charge in [0.1, 0.15) is 6.61 Å². The molecular formula is C10H18N2O2. The summed E-state index contributed by atoms with van der Waals surface area (Å²) in [6.45, 7) is 3.87. The number of nitrogens with two attached hydrogens (primary N) is 1. The van der Waals surface area contributed by atoms with Crippen LogP contribution in [0.3, 0.4) is 0 Å². The summed E-state index contributed by atoms with van der Waals surface area (Å²) in [4.78, 5) is 0. The molecule has 0 amide bonds. The van der Waals surface area contributed by atoms with E-state index in [1.165, 1.54) is 12.8 Å². The van der Waals surface area contributed by atoms with Gasteiger partial charge in [0.25, 0.3) is 0 Å². The largest absolute Gasteiger partial charge is 0.373 e. The van der Waals surface area contributed by atoms with Crippen LogP contribution in [-0.4, -0.2) is 11.8 Å². The lowest BCUT2D eigenvalue weighted by molar-refractivity contribution is 0.0978. The minimum Gasteiger partial charge on any atom is -0.373 e. The highest BCUT2D eigenvalue weighted by Gasteiger charge is 2.01. The Bertz CT molecular complexity index is 248. The molecule has 14 heavy (non-hydrogen) atoms. The van der Waals surface area contributed by atoms with Crippen LogP contribution in [0.15, 0.2) is 10.6 Å². The molecule has 0 radical (unpaired) electrons. The summed E-state index contributed by atoms with van der Waals surface area (Å²) in [6.07, 6.45) is 3.53. The van der Waals surface area contributed by atoms with Gasteiger partial charge >= 0.3 is 0 Å². The molecule has 1 rings (SSSR count). The SMILES string of the molecule is CCCCCOCc1cc(CN)no1. The fourth-order valence-electron chi connectivity index (χ4n) is 1.15. The third-order valence-corrected chi connectivity index (χ3v) is 1.95. The van der Waals surface area contributed by atoms with Crippen LogP contribution in [0.25, 0.3) is 0 Å². The highest BCUT2D eigenvalue weighted by Crippen LogP contribution is 2.05. The molecule has 4 heteroatoms. The zero-order valence-corrected chi connectivity index (χ0v) is 8.66. The van der Waals surface area contributed by atoms with Gasteiger partial charge in [0.15, 0.2) is 5.76 Å². The summed E-state index contributed by atoms with van der Waals surface area (Å²) in [6, 6.07) is 1.83. The predicted molar refractivity (Wildman–Crippen MR) is 53.6 cm³/mol. The van der Waals surface area contributed by atoms with Gasteiger partial charge in [0.2, 0.25) is 0 Å². The fraction of sp³-hybridized carbons (Fsp3) is 0.700. The highest BCUT2D eigenvalue weighted by molar-refractivity contribution is 5.03. The maximum Gasteiger partial charge on any atom is 0.162 e. The second-order valence-electron chi connectivity index (χ2n) is 3.25. The fourth-order valence-corrected chi connectivity index (χ4v) is 1.15. The van der Waals surface area contributed by atoms with Crippen molar-refractivity contribution in [3.8, 4) is 0 Å². The zero-order valence-electron chi connectivity index (χ0n) is 8.66. The molecule has 0 aliphatic rings. The number of hydrogen-bond donors (Lipinski definition) is 1. The molecule has 0 saturated heterocycles. The van der Waals surface area contributed by atoms with Gasteiger partial charge in [-0.05, 0) is 6.42 Å². The van der Waals surface area contributed by atoms with Crippen LogP contribution in [0.4, 0.5) is 0 Å². The normalized spacial score (nSPS) is 10.7. The number of unbranched alkanes of at least 4 members (excludes halogenated alkanes) is 2. The van der Waals surface area contributed by atoms with Gasteiger partial charge < -0.3 is 15.0 Å². The van der Waals surface area contributed by atoms with Crippen molar-refractivity contribution in [1.82, 2.24) is 5.16 Å². The molecule has 0 atom stereocenters. The van der Waals surface area contributed by atoms with Crippen molar-refractivity contribution in [2.75, 3.05) is 6.61 Å². The second kappa shape index (κ2) is 6.56. The monoisotopic (exact) mass is 198 g/mol. The maximum absolute atomic E-state index is 5.41. The van der Waals surface area contributed by atoms with Gasteiger partial charge in [-0.1, -0.05) is 24.9 Å². The van der Waals surface area contributed by atoms with E-state index in [1.807, 2.05) is 6.07 Å². The van der Waals surface area contributed by atoms with Crippen LogP contribution in [0.5, 0.6) is 0 Å². The van der Waals surface area contributed by atoms with Gasteiger partial charge in [-0.2, -0.15) is 0 Å². The molecule has 0 aliphatic heterocycles. The van der Waals surface area contributed by atoms with E-state index in [0.717, 1.165) is 24.5 Å². The molecular weight excluding hydrogens is 180 g/mol. The summed E-state index contributed by atoms with van der Waals surface area (Å²) < 4.78 is 10.4. The van der Waals surface area contributed by atoms with Crippen LogP contribution in [0, 0.1) is 0 Å². The van der Waals surface area contributed by atoms with Crippen LogP contribution in [0.1, 0.15) is 37.6 Å². The van der Waals surface area contributed by atoms with Crippen LogP contribution in [-0.2, 0) is 17.9 Å². The lowest BCUT2D eigenvalue weighted by Crippen LogP contribution is -1.96. The quantitative estimate of drug-likeness (QED) is 0.679. The minimum atomic E-state index is 0.416. The number of nitrogens with zero attached hydrogens (tertiary/aromatic N) is 1. The van der Waals surface area contributed by atoms with Gasteiger partial charge in [0, 0.05) is 19.2 Å². The van der Waals surface area contributed by atoms with Gasteiger partial charge in [-0.15, -0.1) is 0 Å². The Kier molecular flexibility index (Phi) is 5.25. The van der Waals surface area contributed by atoms with Gasteiger partial charge in [-0.25, -0.2) is 0 Å². The van der Waals surface area contributed by atoms with Gasteiger partial charge in [-0.3, -0.25) is 0 Å². The number of ether oxygens (including phenoxy) is 1. The number of hydrogen-bond acceptors (Lipinski definition) is 4. The lowest BCUT2D eigenvalue weighted by Gasteiger charge is -1.99. The average molecular weight is 198 g/mol. The number of aromatic nitrogens is 1. The van der Waals surface area contributed by atoms with Crippen molar-refractivity contribution in [3.63, 3.8) is 0 Å². The van der Waals surface area contributed by atoms with Crippen LogP contribution < -0.4 is 5.73 Å². The molecule has 1 aromatic heterocycles. The first-order chi connectivity index (χ1) is 6.86. The third kappa shape index (κ3) is 3.89. The third-order valence-electron chi connectivity index (χ3n) is 1.95. The van der Waals surface area contributed by atoms with Gasteiger partial charge in [0.05, 0.1) is 5.69 Å². The van der Waals surface area contributed by atoms with Crippen LogP contribution >= 0.6 is 0 Å². The Balaban J connectivity index is 2.12. The highest BCUT2D eigenvalue weighted by atomic mass is 16.5. The van der Waals surface area contributed by atoms with E-state index in [-0.39, 0.29) is 0 Å². The standard InChI is InChI=1S/C10H18N2O2/c1-2-3-4-5-13-8-10-6-9(7-11)12-14-10/h6H,2-5,7-8,11H2,1H3. The molecule has 0 bridgehead atoms. The molecule has 0 aromatic carbocycles. The predicted octanol–water partition coefficient (Wildman–Crippen LogP) is 1.84. The van der Waals surface area contributed by atoms with E-state index in [1.54, 1.807) is 0 Å². The summed E-state index contributed by atoms with van der Waals surface area (Å²) >= 11 is 0. The number of rotatable bonds is 7. The van der Waals surface area contributed by atoms with Crippen molar-refractivity contribution in [3.05, 3.63) is 17.5 Å². The van der Waals surface area contributed by atoms with Crippen molar-refractivity contribution in [2.24, 2.45) is 5.73 Å². The van der Waals surface area contributed by atoms with Crippen molar-refractivity contribution >= 4 is 0 Å². The Morgan fingerprint density at radius 1 is 1.50 bits per heavy atom. The Labute approximate surface area is 84.4 Å². The van der Waals surface area contributed by atoms with E-state index < -0.39 is 0 Å². The molecule has 0 aliphatic carbocycles. The average Bonchev–Trinajstić information content (AvgIpc) is 2.65. The summed E-state index contributed by atoms with van der Waals surface area (Å²) in [5.41, 5.74) is 6.17. The summed E-state index contributed by atoms with van der Waals surface area (Å²) in [5, 5.41) is 3.77. The van der Waals surface area contributed by atoms with E-state index in [4.69, 9.17) is 15.0 Å². The molecule has 80 valence electrons. The second-order valence-corrected chi connectivity index (χ2v) is 3.25. The Hall–Kier alpha value is -0.870. The first kappa shape index (κ1) is 11.2. The van der Waals surface area contributed by atoms with Crippen LogP contribution in [0.2, 0.25) is 0 Å². The van der Waals surface area contributed by atoms with Crippen molar-refractivity contribution < 1.29 is 9.26 Å². The van der Waals surface area contributed by atoms with Crippen molar-refractivity contribution in [1.29, 1.82) is 0 Å². The van der Waals surface area contributed by atoms with Crippen molar-refractivity contribution in [2.45, 2.75) is 39.3 Å². The molecule has 0 unspecified atom stereocenters. The molecule has 0 fully saturated rings. The minimum absolute atomic E-state index is 0.416. The smallest absolute Gasteiger partial charge is 0.162 e. The summed E-state index contributed by atoms with van der Waals surface area (Å²) in [7, 11) is 0. The lowest BCUT2D eigenvalue weighted by atomic mass is 10.3. The molecule has 1 aromatic rings. The molecule has 4 nitrogen and oxygen atoms in total. The Morgan fingerprint density at radius 3 is 3.00 bits per heavy atom. The molecule has 1 heterocycles. The summed E-state index contributed by atoms with van der Waals surface area (Å²) in [5.74, 6) is 0.752. The topological polar surface area (TPSA) is 61.3 Å². The molecule has 0 saturated carbocycles. The first-order valence-corrected chi connectivity index (χ1v) is 5.09. The molecule has 0 spiro atoms. The van der Waals surface area contributed by atoms with E-state index in [9.17, 15) is 0 Å². The Morgan fingerprint density at radius 2 is 2.36 bits per heavy atom. The zero-order chi connectivity index (χ0) is 10.2. The van der Waals surface area contributed by atoms with E-state index >= 15 is 0 Å². The first-order valence-electron chi connectivity index (χ1n) is 5.09. The van der Waals surface area contributed by atoms with E-state index in [2.05, 4.69) is 12.1 Å². The maximum atomic E-state index is 5.41. The molecule has 2 N–H and O–H groups in total.